The minimum absolute atomic E-state index is 0.479. The molecular formula is C16H18ClN2. The molecule has 2 aromatic rings. The van der Waals surface area contributed by atoms with Gasteiger partial charge in [-0.05, 0) is 41.8 Å². The highest BCUT2D eigenvalue weighted by molar-refractivity contribution is 6.30. The van der Waals surface area contributed by atoms with Gasteiger partial charge in [0.25, 0.3) is 0 Å². The van der Waals surface area contributed by atoms with Gasteiger partial charge in [0.1, 0.15) is 5.15 Å². The molecular weight excluding hydrogens is 256 g/mol. The van der Waals surface area contributed by atoms with Crippen molar-refractivity contribution in [3.63, 3.8) is 0 Å². The van der Waals surface area contributed by atoms with Crippen LogP contribution in [0.1, 0.15) is 25.3 Å². The Bertz CT molecular complexity index is 615. The Balaban J connectivity index is 2.17. The molecule has 99 valence electrons. The van der Waals surface area contributed by atoms with E-state index < -0.39 is 0 Å². The van der Waals surface area contributed by atoms with Gasteiger partial charge in [-0.3, -0.25) is 0 Å². The minimum Gasteiger partial charge on any atom is -0.370 e. The van der Waals surface area contributed by atoms with Gasteiger partial charge in [-0.25, -0.2) is 4.98 Å². The van der Waals surface area contributed by atoms with Gasteiger partial charge in [0.05, 0.1) is 0 Å². The molecule has 0 aliphatic carbocycles. The second kappa shape index (κ2) is 4.68. The Kier molecular flexibility index (Phi) is 3.14. The van der Waals surface area contributed by atoms with Crippen LogP contribution in [0, 0.1) is 12.8 Å². The maximum Gasteiger partial charge on any atom is 0.129 e. The molecule has 1 fully saturated rings. The smallest absolute Gasteiger partial charge is 0.129 e. The van der Waals surface area contributed by atoms with E-state index in [0.717, 1.165) is 13.1 Å². The van der Waals surface area contributed by atoms with Crippen LogP contribution in [-0.2, 0) is 0 Å². The SMILES string of the molecule is [CH2]C1CN(c2ccc(C(C)C)c3cc(Cl)ncc23)C1. The summed E-state index contributed by atoms with van der Waals surface area (Å²) in [6.07, 6.45) is 1.90. The maximum absolute atomic E-state index is 6.06. The third kappa shape index (κ3) is 2.18. The third-order valence-electron chi connectivity index (χ3n) is 3.80. The molecule has 3 rings (SSSR count). The summed E-state index contributed by atoms with van der Waals surface area (Å²) in [5.74, 6) is 1.02. The molecule has 1 aliphatic heterocycles. The zero-order valence-electron chi connectivity index (χ0n) is 11.4. The lowest BCUT2D eigenvalue weighted by Gasteiger charge is -2.40. The van der Waals surface area contributed by atoms with Gasteiger partial charge in [0, 0.05) is 30.4 Å². The van der Waals surface area contributed by atoms with Gasteiger partial charge < -0.3 is 4.90 Å². The Morgan fingerprint density at radius 1 is 1.32 bits per heavy atom. The van der Waals surface area contributed by atoms with E-state index in [-0.39, 0.29) is 0 Å². The Hall–Kier alpha value is -1.28. The molecule has 0 atom stereocenters. The average molecular weight is 274 g/mol. The van der Waals surface area contributed by atoms with Gasteiger partial charge in [0.15, 0.2) is 0 Å². The number of benzene rings is 1. The molecule has 0 amide bonds. The molecule has 1 aliphatic rings. The fraction of sp³-hybridized carbons (Fsp3) is 0.375. The van der Waals surface area contributed by atoms with Crippen LogP contribution in [0.4, 0.5) is 5.69 Å². The summed E-state index contributed by atoms with van der Waals surface area (Å²) in [5.41, 5.74) is 2.58. The fourth-order valence-electron chi connectivity index (χ4n) is 2.77. The van der Waals surface area contributed by atoms with Crippen LogP contribution in [0.2, 0.25) is 5.15 Å². The van der Waals surface area contributed by atoms with Gasteiger partial charge in [-0.1, -0.05) is 31.5 Å². The Morgan fingerprint density at radius 3 is 2.68 bits per heavy atom. The number of aromatic nitrogens is 1. The van der Waals surface area contributed by atoms with Gasteiger partial charge in [-0.15, -0.1) is 0 Å². The summed E-state index contributed by atoms with van der Waals surface area (Å²) in [7, 11) is 0. The first kappa shape index (κ1) is 12.7. The monoisotopic (exact) mass is 273 g/mol. The summed E-state index contributed by atoms with van der Waals surface area (Å²) in [4.78, 5) is 6.61. The summed E-state index contributed by atoms with van der Waals surface area (Å²) in [6.45, 7) is 10.5. The van der Waals surface area contributed by atoms with Crippen LogP contribution in [0.3, 0.4) is 0 Å². The van der Waals surface area contributed by atoms with E-state index in [1.807, 2.05) is 12.3 Å². The summed E-state index contributed by atoms with van der Waals surface area (Å²) in [5, 5.41) is 2.98. The van der Waals surface area contributed by atoms with Crippen LogP contribution in [0.5, 0.6) is 0 Å². The summed E-state index contributed by atoms with van der Waals surface area (Å²) < 4.78 is 0. The quantitative estimate of drug-likeness (QED) is 0.759. The molecule has 2 nitrogen and oxygen atoms in total. The van der Waals surface area contributed by atoms with Crippen molar-refractivity contribution < 1.29 is 0 Å². The first-order valence-corrected chi connectivity index (χ1v) is 7.10. The van der Waals surface area contributed by atoms with E-state index in [0.29, 0.717) is 17.0 Å². The molecule has 0 spiro atoms. The van der Waals surface area contributed by atoms with Gasteiger partial charge in [0.2, 0.25) is 0 Å². The molecule has 0 saturated carbocycles. The van der Waals surface area contributed by atoms with Crippen LogP contribution >= 0.6 is 11.6 Å². The van der Waals surface area contributed by atoms with Gasteiger partial charge >= 0.3 is 0 Å². The van der Waals surface area contributed by atoms with E-state index >= 15 is 0 Å². The largest absolute Gasteiger partial charge is 0.370 e. The van der Waals surface area contributed by atoms with Crippen molar-refractivity contribution in [1.29, 1.82) is 0 Å². The van der Waals surface area contributed by atoms with Crippen molar-refractivity contribution in [2.24, 2.45) is 5.92 Å². The van der Waals surface area contributed by atoms with E-state index in [2.05, 4.69) is 42.8 Å². The van der Waals surface area contributed by atoms with Crippen molar-refractivity contribution in [2.75, 3.05) is 18.0 Å². The maximum atomic E-state index is 6.06. The molecule has 1 radical (unpaired) electrons. The molecule has 1 aromatic carbocycles. The zero-order valence-corrected chi connectivity index (χ0v) is 12.1. The molecule has 0 bridgehead atoms. The van der Waals surface area contributed by atoms with Crippen LogP contribution in [0.25, 0.3) is 10.8 Å². The van der Waals surface area contributed by atoms with Crippen LogP contribution in [0.15, 0.2) is 24.4 Å². The number of nitrogens with zero attached hydrogens (tertiary/aromatic N) is 2. The molecule has 0 unspecified atom stereocenters. The minimum atomic E-state index is 0.479. The zero-order chi connectivity index (χ0) is 13.6. The molecule has 19 heavy (non-hydrogen) atoms. The van der Waals surface area contributed by atoms with Crippen LogP contribution in [-0.4, -0.2) is 18.1 Å². The predicted molar refractivity (Wildman–Crippen MR) is 81.9 cm³/mol. The van der Waals surface area contributed by atoms with Crippen molar-refractivity contribution in [3.05, 3.63) is 42.0 Å². The Morgan fingerprint density at radius 2 is 2.05 bits per heavy atom. The molecule has 1 saturated heterocycles. The highest BCUT2D eigenvalue weighted by Gasteiger charge is 2.24. The number of rotatable bonds is 2. The number of fused-ring (bicyclic) bond motifs is 1. The van der Waals surface area contributed by atoms with E-state index in [1.165, 1.54) is 22.0 Å². The summed E-state index contributed by atoms with van der Waals surface area (Å²) in [6, 6.07) is 6.41. The van der Waals surface area contributed by atoms with Crippen LogP contribution < -0.4 is 4.90 Å². The number of anilines is 1. The van der Waals surface area contributed by atoms with Crippen molar-refractivity contribution >= 4 is 28.1 Å². The second-order valence-electron chi connectivity index (χ2n) is 5.65. The lowest BCUT2D eigenvalue weighted by atomic mass is 9.94. The number of hydrogen-bond acceptors (Lipinski definition) is 2. The number of halogens is 1. The third-order valence-corrected chi connectivity index (χ3v) is 4.00. The predicted octanol–water partition coefficient (Wildman–Crippen LogP) is 4.28. The first-order chi connectivity index (χ1) is 9.06. The van der Waals surface area contributed by atoms with E-state index in [4.69, 9.17) is 11.6 Å². The topological polar surface area (TPSA) is 16.1 Å². The Labute approximate surface area is 119 Å². The molecule has 3 heteroatoms. The highest BCUT2D eigenvalue weighted by atomic mass is 35.5. The molecule has 1 aromatic heterocycles. The van der Waals surface area contributed by atoms with Crippen molar-refractivity contribution in [3.8, 4) is 0 Å². The standard InChI is InChI=1S/C16H18ClN2/c1-10(2)12-4-5-15(19-8-11(3)9-19)14-7-18-16(17)6-13(12)14/h4-7,10-11H,3,8-9H2,1-2H3. The van der Waals surface area contributed by atoms with Crippen molar-refractivity contribution in [1.82, 2.24) is 4.98 Å². The molecule has 2 heterocycles. The first-order valence-electron chi connectivity index (χ1n) is 6.72. The van der Waals surface area contributed by atoms with Crippen molar-refractivity contribution in [2.45, 2.75) is 19.8 Å². The van der Waals surface area contributed by atoms with E-state index in [9.17, 15) is 0 Å². The normalized spacial score (nSPS) is 16.2. The summed E-state index contributed by atoms with van der Waals surface area (Å²) >= 11 is 6.06. The highest BCUT2D eigenvalue weighted by Crippen LogP contribution is 2.36. The molecule has 0 N–H and O–H groups in total. The second-order valence-corrected chi connectivity index (χ2v) is 6.04. The van der Waals surface area contributed by atoms with Gasteiger partial charge in [-0.2, -0.15) is 0 Å². The average Bonchev–Trinajstić information content (AvgIpc) is 2.33. The lowest BCUT2D eigenvalue weighted by molar-refractivity contribution is 0.492. The lowest BCUT2D eigenvalue weighted by Crippen LogP contribution is -2.45. The number of pyridine rings is 1. The van der Waals surface area contributed by atoms with E-state index in [1.54, 1.807) is 0 Å². The number of hydrogen-bond donors (Lipinski definition) is 0. The fourth-order valence-corrected chi connectivity index (χ4v) is 2.92.